The predicted molar refractivity (Wildman–Crippen MR) is 139 cm³/mol. The lowest BCUT2D eigenvalue weighted by molar-refractivity contribution is -0.139. The standard InChI is InChI=1S/C28H30ClFO6S/c1-20-3-10-24(11-4-20)37(32,33)36-19-27(31)13-15-28(16-14-27,25-12-7-22(29)17-26(25)30)35-18-21-5-8-23(34-2)9-6-21/h3-12,17,31H,13-16,18-19H2,1-2H3/t27-,28+. The first-order valence-corrected chi connectivity index (χ1v) is 13.7. The second-order valence-electron chi connectivity index (χ2n) is 9.51. The first-order valence-electron chi connectivity index (χ1n) is 12.0. The molecule has 4 rings (SSSR count). The molecule has 6 nitrogen and oxygen atoms in total. The molecular weight excluding hydrogens is 519 g/mol. The van der Waals surface area contributed by atoms with Crippen LogP contribution >= 0.6 is 11.6 Å². The Morgan fingerprint density at radius 3 is 2.22 bits per heavy atom. The summed E-state index contributed by atoms with van der Waals surface area (Å²) >= 11 is 5.99. The number of aliphatic hydroxyl groups is 1. The lowest BCUT2D eigenvalue weighted by atomic mass is 9.73. The highest BCUT2D eigenvalue weighted by atomic mass is 35.5. The SMILES string of the molecule is COc1ccc(CO[C@]2(c3ccc(Cl)cc3F)CC[C@@](O)(COS(=O)(=O)c3ccc(C)cc3)CC2)cc1. The molecule has 0 amide bonds. The van der Waals surface area contributed by atoms with Gasteiger partial charge in [-0.1, -0.05) is 47.5 Å². The average molecular weight is 549 g/mol. The lowest BCUT2D eigenvalue weighted by Gasteiger charge is -2.44. The van der Waals surface area contributed by atoms with E-state index in [0.717, 1.165) is 11.1 Å². The van der Waals surface area contributed by atoms with Gasteiger partial charge in [0.2, 0.25) is 0 Å². The summed E-state index contributed by atoms with van der Waals surface area (Å²) in [4.78, 5) is 0.0258. The van der Waals surface area contributed by atoms with Crippen LogP contribution in [0.15, 0.2) is 71.6 Å². The fraction of sp³-hybridized carbons (Fsp3) is 0.357. The molecule has 0 atom stereocenters. The fourth-order valence-electron chi connectivity index (χ4n) is 4.52. The molecule has 3 aromatic rings. The van der Waals surface area contributed by atoms with E-state index < -0.39 is 33.7 Å². The van der Waals surface area contributed by atoms with Crippen molar-refractivity contribution in [3.63, 3.8) is 0 Å². The van der Waals surface area contributed by atoms with Gasteiger partial charge >= 0.3 is 0 Å². The van der Waals surface area contributed by atoms with Crippen LogP contribution < -0.4 is 4.74 Å². The van der Waals surface area contributed by atoms with Crippen LogP contribution in [0.5, 0.6) is 5.75 Å². The molecule has 1 aliphatic carbocycles. The molecule has 0 bridgehead atoms. The summed E-state index contributed by atoms with van der Waals surface area (Å²) in [6, 6.07) is 18.1. The molecule has 198 valence electrons. The largest absolute Gasteiger partial charge is 0.497 e. The van der Waals surface area contributed by atoms with Gasteiger partial charge in [0.1, 0.15) is 11.6 Å². The molecule has 0 radical (unpaired) electrons. The van der Waals surface area contributed by atoms with E-state index in [1.807, 2.05) is 31.2 Å². The maximum Gasteiger partial charge on any atom is 0.297 e. The molecule has 0 aliphatic heterocycles. The van der Waals surface area contributed by atoms with Gasteiger partial charge in [0.25, 0.3) is 10.1 Å². The van der Waals surface area contributed by atoms with Crippen molar-refractivity contribution in [3.8, 4) is 5.75 Å². The topological polar surface area (TPSA) is 82.1 Å². The summed E-state index contributed by atoms with van der Waals surface area (Å²) in [7, 11) is -2.45. The second kappa shape index (κ2) is 11.1. The highest BCUT2D eigenvalue weighted by molar-refractivity contribution is 7.86. The van der Waals surface area contributed by atoms with Crippen molar-refractivity contribution < 1.29 is 31.6 Å². The van der Waals surface area contributed by atoms with Crippen LogP contribution in [0.1, 0.15) is 42.4 Å². The Hall–Kier alpha value is -2.49. The maximum atomic E-state index is 15.1. The molecule has 9 heteroatoms. The van der Waals surface area contributed by atoms with E-state index >= 15 is 4.39 Å². The molecule has 37 heavy (non-hydrogen) atoms. The zero-order chi connectivity index (χ0) is 26.7. The highest BCUT2D eigenvalue weighted by Gasteiger charge is 2.45. The van der Waals surface area contributed by atoms with Crippen LogP contribution in [0.3, 0.4) is 0 Å². The van der Waals surface area contributed by atoms with Crippen LogP contribution in [0.4, 0.5) is 4.39 Å². The van der Waals surface area contributed by atoms with E-state index in [9.17, 15) is 13.5 Å². The van der Waals surface area contributed by atoms with Crippen molar-refractivity contribution in [2.24, 2.45) is 0 Å². The Balaban J connectivity index is 1.50. The summed E-state index contributed by atoms with van der Waals surface area (Å²) in [5.41, 5.74) is -0.293. The number of halogens is 2. The summed E-state index contributed by atoms with van der Waals surface area (Å²) in [6.45, 7) is 1.66. The van der Waals surface area contributed by atoms with E-state index in [1.165, 1.54) is 18.2 Å². The smallest absolute Gasteiger partial charge is 0.297 e. The highest BCUT2D eigenvalue weighted by Crippen LogP contribution is 2.46. The van der Waals surface area contributed by atoms with Crippen molar-refractivity contribution in [2.45, 2.75) is 55.3 Å². The van der Waals surface area contributed by atoms with Crippen LogP contribution in [0.25, 0.3) is 0 Å². The van der Waals surface area contributed by atoms with Crippen LogP contribution in [-0.2, 0) is 31.2 Å². The molecule has 1 aliphatic rings. The number of hydrogen-bond donors (Lipinski definition) is 1. The van der Waals surface area contributed by atoms with Gasteiger partial charge in [0.05, 0.1) is 36.4 Å². The number of rotatable bonds is 9. The summed E-state index contributed by atoms with van der Waals surface area (Å²) < 4.78 is 57.1. The second-order valence-corrected chi connectivity index (χ2v) is 11.6. The van der Waals surface area contributed by atoms with Gasteiger partial charge in [-0.15, -0.1) is 0 Å². The number of hydrogen-bond acceptors (Lipinski definition) is 6. The minimum Gasteiger partial charge on any atom is -0.497 e. The minimum atomic E-state index is -4.04. The van der Waals surface area contributed by atoms with E-state index in [2.05, 4.69) is 0 Å². The third kappa shape index (κ3) is 6.51. The van der Waals surface area contributed by atoms with Crippen LogP contribution in [-0.4, -0.2) is 32.8 Å². The van der Waals surface area contributed by atoms with E-state index in [0.29, 0.717) is 11.3 Å². The molecule has 0 heterocycles. The molecule has 1 fully saturated rings. The van der Waals surface area contributed by atoms with E-state index in [4.69, 9.17) is 25.3 Å². The van der Waals surface area contributed by atoms with Gasteiger partial charge in [-0.2, -0.15) is 8.42 Å². The average Bonchev–Trinajstić information content (AvgIpc) is 2.88. The van der Waals surface area contributed by atoms with E-state index in [-0.39, 0.29) is 42.2 Å². The van der Waals surface area contributed by atoms with E-state index in [1.54, 1.807) is 31.4 Å². The van der Waals surface area contributed by atoms with Crippen LogP contribution in [0.2, 0.25) is 5.02 Å². The van der Waals surface area contributed by atoms with Crippen molar-refractivity contribution in [3.05, 3.63) is 94.3 Å². The van der Waals surface area contributed by atoms with Gasteiger partial charge in [0, 0.05) is 10.6 Å². The Morgan fingerprint density at radius 1 is 0.973 bits per heavy atom. The molecule has 1 saturated carbocycles. The Kier molecular flexibility index (Phi) is 8.26. The Bertz CT molecular complexity index is 1320. The Morgan fingerprint density at radius 2 is 1.62 bits per heavy atom. The number of ether oxygens (including phenoxy) is 2. The quantitative estimate of drug-likeness (QED) is 0.334. The maximum absolute atomic E-state index is 15.1. The monoisotopic (exact) mass is 548 g/mol. The van der Waals surface area contributed by atoms with Crippen molar-refractivity contribution >= 4 is 21.7 Å². The van der Waals surface area contributed by atoms with Gasteiger partial charge in [-0.05, 0) is 74.6 Å². The molecule has 1 N–H and O–H groups in total. The first kappa shape index (κ1) is 27.5. The minimum absolute atomic E-state index is 0.0258. The van der Waals surface area contributed by atoms with Crippen molar-refractivity contribution in [1.82, 2.24) is 0 Å². The van der Waals surface area contributed by atoms with Gasteiger partial charge < -0.3 is 14.6 Å². The summed E-state index contributed by atoms with van der Waals surface area (Å²) in [6.07, 6.45) is 0.820. The molecule has 0 aromatic heterocycles. The number of methoxy groups -OCH3 is 1. The Labute approximate surface area is 222 Å². The predicted octanol–water partition coefficient (Wildman–Crippen LogP) is 5.92. The zero-order valence-corrected chi connectivity index (χ0v) is 22.3. The van der Waals surface area contributed by atoms with Crippen molar-refractivity contribution in [1.29, 1.82) is 0 Å². The van der Waals surface area contributed by atoms with Gasteiger partial charge in [-0.25, -0.2) is 4.39 Å². The van der Waals surface area contributed by atoms with Gasteiger partial charge in [-0.3, -0.25) is 4.18 Å². The molecule has 0 unspecified atom stereocenters. The molecular formula is C28H30ClFO6S. The van der Waals surface area contributed by atoms with Crippen molar-refractivity contribution in [2.75, 3.05) is 13.7 Å². The normalized spacial score (nSPS) is 22.1. The number of benzene rings is 3. The fourth-order valence-corrected chi connectivity index (χ4v) is 5.66. The molecule has 0 saturated heterocycles. The molecule has 0 spiro atoms. The first-order chi connectivity index (χ1) is 17.5. The third-order valence-corrected chi connectivity index (χ3v) is 8.39. The summed E-state index contributed by atoms with van der Waals surface area (Å²) in [5.74, 6) is 0.219. The zero-order valence-electron chi connectivity index (χ0n) is 20.7. The molecule has 3 aromatic carbocycles. The van der Waals surface area contributed by atoms with Crippen LogP contribution in [0, 0.1) is 12.7 Å². The third-order valence-electron chi connectivity index (χ3n) is 6.88. The summed E-state index contributed by atoms with van der Waals surface area (Å²) in [5, 5.41) is 11.5. The lowest BCUT2D eigenvalue weighted by Crippen LogP contribution is -2.46. The number of aryl methyl sites for hydroxylation is 1. The van der Waals surface area contributed by atoms with Gasteiger partial charge in [0.15, 0.2) is 0 Å².